The van der Waals surface area contributed by atoms with Gasteiger partial charge in [-0.15, -0.1) is 11.3 Å². The van der Waals surface area contributed by atoms with Crippen LogP contribution in [0, 0.1) is 30.2 Å². The molecule has 5 aliphatic rings. The smallest absolute Gasteiger partial charge is 0.187 e. The second-order valence-electron chi connectivity index (χ2n) is 19.1. The van der Waals surface area contributed by atoms with Crippen LogP contribution in [0.15, 0.2) is 176 Å². The van der Waals surface area contributed by atoms with E-state index in [9.17, 15) is 0 Å². The van der Waals surface area contributed by atoms with Crippen molar-refractivity contribution in [3.8, 4) is 55.6 Å². The zero-order chi connectivity index (χ0) is 41.4. The van der Waals surface area contributed by atoms with Crippen LogP contribution in [0.5, 0.6) is 0 Å². The highest BCUT2D eigenvalue weighted by Gasteiger charge is 2.61. The van der Waals surface area contributed by atoms with Gasteiger partial charge in [0.25, 0.3) is 0 Å². The normalized spacial score (nSPS) is 21.7. The molecule has 1 heterocycles. The molecule has 2 heteroatoms. The van der Waals surface area contributed by atoms with Gasteiger partial charge in [-0.3, -0.25) is 0 Å². The molecule has 298 valence electrons. The van der Waals surface area contributed by atoms with Crippen molar-refractivity contribution in [2.24, 2.45) is 23.7 Å². The van der Waals surface area contributed by atoms with Crippen LogP contribution < -0.4 is 0 Å². The molecule has 0 N–H and O–H groups in total. The topological polar surface area (TPSA) is 4.36 Å². The molecule has 0 saturated heterocycles. The van der Waals surface area contributed by atoms with E-state index in [1.807, 2.05) is 35.6 Å². The van der Waals surface area contributed by atoms with Gasteiger partial charge in [0.1, 0.15) is 0 Å². The summed E-state index contributed by atoms with van der Waals surface area (Å²) in [5.74, 6) is 3.48. The van der Waals surface area contributed by atoms with Gasteiger partial charge in [-0.25, -0.2) is 4.85 Å². The van der Waals surface area contributed by atoms with E-state index >= 15 is 0 Å². The largest absolute Gasteiger partial charge is 0.238 e. The second kappa shape index (κ2) is 13.4. The fourth-order valence-corrected chi connectivity index (χ4v) is 14.9. The molecule has 0 aliphatic heterocycles. The summed E-state index contributed by atoms with van der Waals surface area (Å²) >= 11 is 1.92. The maximum absolute atomic E-state index is 7.34. The maximum Gasteiger partial charge on any atom is 0.187 e. The number of nitrogens with zero attached hydrogens (tertiary/aromatic N) is 1. The molecular formula is C61H43NS. The Morgan fingerprint density at radius 2 is 0.857 bits per heavy atom. The van der Waals surface area contributed by atoms with E-state index in [1.54, 1.807) is 11.1 Å². The van der Waals surface area contributed by atoms with Gasteiger partial charge in [0, 0.05) is 25.6 Å². The van der Waals surface area contributed by atoms with Crippen LogP contribution in [0.2, 0.25) is 0 Å². The molecule has 0 radical (unpaired) electrons. The molecule has 0 unspecified atom stereocenters. The van der Waals surface area contributed by atoms with Crippen molar-refractivity contribution in [2.45, 2.75) is 37.5 Å². The summed E-state index contributed by atoms with van der Waals surface area (Å²) in [6.07, 6.45) is 7.16. The number of hydrogen-bond donors (Lipinski definition) is 0. The molecule has 5 aliphatic carbocycles. The lowest BCUT2D eigenvalue weighted by molar-refractivity contribution is -0.0399. The summed E-state index contributed by atoms with van der Waals surface area (Å²) in [7, 11) is 0. The molecule has 0 atom stereocenters. The van der Waals surface area contributed by atoms with Crippen LogP contribution in [-0.2, 0) is 5.41 Å². The Bertz CT molecular complexity index is 3500. The molecule has 9 aromatic carbocycles. The molecule has 15 rings (SSSR count). The Hall–Kier alpha value is -6.79. The molecule has 1 spiro atoms. The van der Waals surface area contributed by atoms with E-state index < -0.39 is 0 Å². The lowest BCUT2D eigenvalue weighted by atomic mass is 9.43. The molecule has 63 heavy (non-hydrogen) atoms. The first-order valence-electron chi connectivity index (χ1n) is 22.9. The van der Waals surface area contributed by atoms with Gasteiger partial charge < -0.3 is 0 Å². The van der Waals surface area contributed by atoms with Gasteiger partial charge in [0.2, 0.25) is 0 Å². The predicted octanol–water partition coefficient (Wildman–Crippen LogP) is 17.3. The monoisotopic (exact) mass is 821 g/mol. The van der Waals surface area contributed by atoms with Crippen molar-refractivity contribution in [1.29, 1.82) is 0 Å². The van der Waals surface area contributed by atoms with Crippen molar-refractivity contribution in [3.63, 3.8) is 0 Å². The highest BCUT2D eigenvalue weighted by molar-refractivity contribution is 7.25. The molecule has 1 aromatic heterocycles. The minimum Gasteiger partial charge on any atom is -0.238 e. The Balaban J connectivity index is 0.858. The van der Waals surface area contributed by atoms with Crippen LogP contribution in [0.4, 0.5) is 5.69 Å². The number of benzene rings is 9. The summed E-state index contributed by atoms with van der Waals surface area (Å²) in [4.78, 5) is 3.57. The van der Waals surface area contributed by atoms with Crippen LogP contribution >= 0.6 is 11.3 Å². The van der Waals surface area contributed by atoms with Gasteiger partial charge in [0.15, 0.2) is 5.69 Å². The molecule has 1 nitrogen and oxygen atoms in total. The van der Waals surface area contributed by atoms with Gasteiger partial charge in [-0.05, 0) is 162 Å². The summed E-state index contributed by atoms with van der Waals surface area (Å²) in [6.45, 7) is 7.34. The minimum atomic E-state index is 0.211. The van der Waals surface area contributed by atoms with Crippen molar-refractivity contribution in [3.05, 3.63) is 198 Å². The van der Waals surface area contributed by atoms with Crippen molar-refractivity contribution in [1.82, 2.24) is 0 Å². The maximum atomic E-state index is 7.34. The predicted molar refractivity (Wildman–Crippen MR) is 266 cm³/mol. The van der Waals surface area contributed by atoms with E-state index in [1.165, 1.54) is 118 Å². The van der Waals surface area contributed by atoms with Gasteiger partial charge in [-0.1, -0.05) is 158 Å². The van der Waals surface area contributed by atoms with Gasteiger partial charge >= 0.3 is 0 Å². The van der Waals surface area contributed by atoms with Gasteiger partial charge in [-0.2, -0.15) is 0 Å². The van der Waals surface area contributed by atoms with Crippen molar-refractivity contribution in [2.75, 3.05) is 0 Å². The third kappa shape index (κ3) is 5.09. The highest BCUT2D eigenvalue weighted by Crippen LogP contribution is 2.69. The Kier molecular flexibility index (Phi) is 7.58. The lowest BCUT2D eigenvalue weighted by Crippen LogP contribution is -2.55. The first kappa shape index (κ1) is 35.8. The first-order chi connectivity index (χ1) is 31.1. The van der Waals surface area contributed by atoms with Crippen molar-refractivity contribution >= 4 is 58.7 Å². The highest BCUT2D eigenvalue weighted by atomic mass is 32.1. The fourth-order valence-electron chi connectivity index (χ4n) is 13.8. The molecule has 10 aromatic rings. The van der Waals surface area contributed by atoms with E-state index in [4.69, 9.17) is 6.57 Å². The summed E-state index contributed by atoms with van der Waals surface area (Å²) in [6, 6.07) is 66.1. The van der Waals surface area contributed by atoms with E-state index in [2.05, 4.69) is 157 Å². The molecule has 4 fully saturated rings. The molecule has 4 bridgehead atoms. The second-order valence-corrected chi connectivity index (χ2v) is 20.2. The van der Waals surface area contributed by atoms with E-state index in [0.29, 0.717) is 5.69 Å². The Labute approximate surface area is 372 Å². The van der Waals surface area contributed by atoms with Gasteiger partial charge in [0.05, 0.1) is 6.57 Å². The number of rotatable bonds is 4. The first-order valence-corrected chi connectivity index (χ1v) is 23.7. The van der Waals surface area contributed by atoms with Crippen LogP contribution in [-0.4, -0.2) is 0 Å². The number of thiophene rings is 1. The summed E-state index contributed by atoms with van der Waals surface area (Å²) < 4.78 is 2.66. The third-order valence-corrected chi connectivity index (χ3v) is 17.2. The lowest BCUT2D eigenvalue weighted by Gasteiger charge is -2.61. The summed E-state index contributed by atoms with van der Waals surface area (Å²) in [5, 5.41) is 7.70. The SMILES string of the molecule is [C-]#[N+]c1ccc(-c2ccc(-c3c4ccccc4c(-c4ccc5c(c4)sc4cc(-c6ccc7c(c6)-c6ccccc6C76C7CC8CC(C7)CC6C8)ccc45)c4ccccc34)cc2)cc1. The zero-order valence-corrected chi connectivity index (χ0v) is 35.8. The number of fused-ring (bicyclic) bond motifs is 8. The zero-order valence-electron chi connectivity index (χ0n) is 34.9. The quantitative estimate of drug-likeness (QED) is 0.123. The molecular weight excluding hydrogens is 779 g/mol. The van der Waals surface area contributed by atoms with Crippen LogP contribution in [0.25, 0.3) is 102 Å². The van der Waals surface area contributed by atoms with Crippen molar-refractivity contribution < 1.29 is 0 Å². The average molecular weight is 822 g/mol. The summed E-state index contributed by atoms with van der Waals surface area (Å²) in [5.41, 5.74) is 17.0. The Morgan fingerprint density at radius 3 is 1.48 bits per heavy atom. The average Bonchev–Trinajstić information content (AvgIpc) is 3.85. The van der Waals surface area contributed by atoms with E-state index in [-0.39, 0.29) is 5.41 Å². The standard InChI is InChI=1S/C61H43NS/c1-62-46-23-18-39(19-24-46)38-14-16-40(17-15-38)59-50-9-2-4-11-52(50)60(53-12-5-3-10-51(53)59)43-21-26-49-48-25-20-42(34-57(48)63-58(49)35-43)41-22-27-56-54(33-41)47-8-6-7-13-55(47)61(56)44-29-36-28-37(31-44)32-45(61)30-36/h2-27,33-37,44-45H,28-32H2. The molecule has 4 saturated carbocycles. The van der Waals surface area contributed by atoms with E-state index in [0.717, 1.165) is 34.8 Å². The Morgan fingerprint density at radius 1 is 0.397 bits per heavy atom. The number of hydrogen-bond acceptors (Lipinski definition) is 1. The molecule has 0 amide bonds. The fraction of sp³-hybridized carbons (Fsp3) is 0.164. The minimum absolute atomic E-state index is 0.211. The van der Waals surface area contributed by atoms with Crippen LogP contribution in [0.3, 0.4) is 0 Å². The van der Waals surface area contributed by atoms with Crippen LogP contribution in [0.1, 0.15) is 43.2 Å². The third-order valence-electron chi connectivity index (χ3n) is 16.1.